The van der Waals surface area contributed by atoms with Crippen molar-refractivity contribution < 1.29 is 57.6 Å². The van der Waals surface area contributed by atoms with Crippen LogP contribution in [0.2, 0.25) is 0 Å². The summed E-state index contributed by atoms with van der Waals surface area (Å²) in [7, 11) is 0. The van der Waals surface area contributed by atoms with Crippen LogP contribution in [0.4, 0.5) is 0 Å². The first kappa shape index (κ1) is 11.5. The number of hydrogen-bond donors (Lipinski definition) is 0. The van der Waals surface area contributed by atoms with Gasteiger partial charge in [0.05, 0.1) is 0 Å². The predicted octanol–water partition coefficient (Wildman–Crippen LogP) is -1.07. The Hall–Kier alpha value is 0.526. The molecule has 1 rings (SSSR count). The normalized spacial score (nSPS) is 8.45. The van der Waals surface area contributed by atoms with E-state index in [0.29, 0.717) is 6.42 Å². The van der Waals surface area contributed by atoms with E-state index in [1.54, 1.807) is 6.92 Å². The first-order chi connectivity index (χ1) is 4.79. The molecule has 1 aromatic rings. The third kappa shape index (κ3) is 4.88. The van der Waals surface area contributed by atoms with Gasteiger partial charge < -0.3 is 1.43 Å². The standard InChI is InChI=1S/C9H10O.K.H/c1-8(10)7-9-5-3-2-4-6-9;;/h2-6H,7H2,1H3;;/q;+1;-1. The summed E-state index contributed by atoms with van der Waals surface area (Å²) in [5, 5.41) is 0. The van der Waals surface area contributed by atoms with Crippen LogP contribution in [0.3, 0.4) is 0 Å². The molecular formula is C9H11KO. The SMILES string of the molecule is CC(=O)Cc1ccccc1.[H-].[K+]. The summed E-state index contributed by atoms with van der Waals surface area (Å²) in [5.74, 6) is 0.214. The molecule has 0 amide bonds. The van der Waals surface area contributed by atoms with Crippen LogP contribution in [0.25, 0.3) is 0 Å². The van der Waals surface area contributed by atoms with Crippen LogP contribution in [0.1, 0.15) is 13.9 Å². The molecule has 2 heteroatoms. The Morgan fingerprint density at radius 2 is 1.91 bits per heavy atom. The van der Waals surface area contributed by atoms with E-state index in [1.807, 2.05) is 30.3 Å². The smallest absolute Gasteiger partial charge is 1.00 e. The number of hydrogen-bond acceptors (Lipinski definition) is 1. The van der Waals surface area contributed by atoms with Crippen LogP contribution in [0.15, 0.2) is 30.3 Å². The molecule has 11 heavy (non-hydrogen) atoms. The van der Waals surface area contributed by atoms with Gasteiger partial charge in [0, 0.05) is 6.42 Å². The minimum absolute atomic E-state index is 0. The molecule has 0 bridgehead atoms. The molecule has 0 fully saturated rings. The third-order valence-corrected chi connectivity index (χ3v) is 1.30. The fourth-order valence-corrected chi connectivity index (χ4v) is 0.883. The van der Waals surface area contributed by atoms with E-state index in [4.69, 9.17) is 0 Å². The van der Waals surface area contributed by atoms with E-state index in [1.165, 1.54) is 0 Å². The molecule has 0 saturated carbocycles. The van der Waals surface area contributed by atoms with Gasteiger partial charge in [0.2, 0.25) is 0 Å². The maximum absolute atomic E-state index is 10.6. The number of carbonyl (C=O) groups excluding carboxylic acids is 1. The molecule has 0 unspecified atom stereocenters. The van der Waals surface area contributed by atoms with E-state index < -0.39 is 0 Å². The first-order valence-corrected chi connectivity index (χ1v) is 3.32. The second-order valence-corrected chi connectivity index (χ2v) is 2.36. The zero-order chi connectivity index (χ0) is 7.40. The van der Waals surface area contributed by atoms with Crippen LogP contribution in [0, 0.1) is 0 Å². The Kier molecular flexibility index (Phi) is 6.38. The van der Waals surface area contributed by atoms with Gasteiger partial charge in [-0.05, 0) is 12.5 Å². The molecule has 0 heterocycles. The number of benzene rings is 1. The van der Waals surface area contributed by atoms with Crippen molar-refractivity contribution in [2.24, 2.45) is 0 Å². The molecule has 1 nitrogen and oxygen atoms in total. The Bertz CT molecular complexity index is 223. The predicted molar refractivity (Wildman–Crippen MR) is 41.9 cm³/mol. The largest absolute Gasteiger partial charge is 1.00 e. The first-order valence-electron chi connectivity index (χ1n) is 3.32. The molecule has 0 aliphatic carbocycles. The number of carbonyl (C=O) groups is 1. The van der Waals surface area contributed by atoms with Gasteiger partial charge in [-0.3, -0.25) is 4.79 Å². The monoisotopic (exact) mass is 174 g/mol. The number of rotatable bonds is 2. The second-order valence-electron chi connectivity index (χ2n) is 2.36. The van der Waals surface area contributed by atoms with Gasteiger partial charge >= 0.3 is 51.4 Å². The molecule has 0 radical (unpaired) electrons. The average molecular weight is 174 g/mol. The summed E-state index contributed by atoms with van der Waals surface area (Å²) < 4.78 is 0. The van der Waals surface area contributed by atoms with Crippen LogP contribution in [0.5, 0.6) is 0 Å². The maximum atomic E-state index is 10.6. The fourth-order valence-electron chi connectivity index (χ4n) is 0.883. The molecule has 1 aromatic carbocycles. The van der Waals surface area contributed by atoms with Gasteiger partial charge in [-0.25, -0.2) is 0 Å². The molecule has 0 spiro atoms. The Labute approximate surface area is 111 Å². The Balaban J connectivity index is 0. The van der Waals surface area contributed by atoms with Crippen molar-refractivity contribution in [3.8, 4) is 0 Å². The average Bonchev–Trinajstić information content (AvgIpc) is 1.88. The van der Waals surface area contributed by atoms with E-state index >= 15 is 0 Å². The van der Waals surface area contributed by atoms with E-state index in [-0.39, 0.29) is 58.6 Å². The zero-order valence-corrected chi connectivity index (χ0v) is 10.1. The van der Waals surface area contributed by atoms with Crippen molar-refractivity contribution >= 4 is 5.78 Å². The van der Waals surface area contributed by atoms with Gasteiger partial charge in [0.1, 0.15) is 5.78 Å². The molecule has 0 saturated heterocycles. The molecule has 0 aliphatic rings. The molecule has 54 valence electrons. The van der Waals surface area contributed by atoms with Crippen molar-refractivity contribution in [3.05, 3.63) is 35.9 Å². The third-order valence-electron chi connectivity index (χ3n) is 1.30. The van der Waals surface area contributed by atoms with E-state index in [2.05, 4.69) is 0 Å². The van der Waals surface area contributed by atoms with E-state index in [0.717, 1.165) is 5.56 Å². The van der Waals surface area contributed by atoms with Crippen LogP contribution < -0.4 is 51.4 Å². The summed E-state index contributed by atoms with van der Waals surface area (Å²) in [5.41, 5.74) is 1.09. The topological polar surface area (TPSA) is 17.1 Å². The quantitative estimate of drug-likeness (QED) is 0.522. The Morgan fingerprint density at radius 1 is 1.36 bits per heavy atom. The summed E-state index contributed by atoms with van der Waals surface area (Å²) in [6, 6.07) is 9.75. The van der Waals surface area contributed by atoms with Crippen molar-refractivity contribution in [2.45, 2.75) is 13.3 Å². The molecule has 0 N–H and O–H groups in total. The minimum atomic E-state index is 0. The molecule has 0 aliphatic heterocycles. The molecular weight excluding hydrogens is 163 g/mol. The van der Waals surface area contributed by atoms with Gasteiger partial charge in [0.15, 0.2) is 0 Å². The molecule has 0 aromatic heterocycles. The second kappa shape index (κ2) is 6.09. The van der Waals surface area contributed by atoms with Gasteiger partial charge in [-0.1, -0.05) is 30.3 Å². The van der Waals surface area contributed by atoms with Crippen molar-refractivity contribution in [3.63, 3.8) is 0 Å². The summed E-state index contributed by atoms with van der Waals surface area (Å²) in [6.07, 6.45) is 0.556. The van der Waals surface area contributed by atoms with Crippen molar-refractivity contribution in [1.29, 1.82) is 0 Å². The fraction of sp³-hybridized carbons (Fsp3) is 0.222. The summed E-state index contributed by atoms with van der Waals surface area (Å²) in [6.45, 7) is 1.60. The van der Waals surface area contributed by atoms with Gasteiger partial charge in [-0.2, -0.15) is 0 Å². The van der Waals surface area contributed by atoms with Crippen LogP contribution in [-0.4, -0.2) is 5.78 Å². The maximum Gasteiger partial charge on any atom is 1.00 e. The van der Waals surface area contributed by atoms with Crippen molar-refractivity contribution in [2.75, 3.05) is 0 Å². The van der Waals surface area contributed by atoms with Crippen LogP contribution in [-0.2, 0) is 11.2 Å². The van der Waals surface area contributed by atoms with Crippen LogP contribution >= 0.6 is 0 Å². The number of Topliss-reactive ketones (excluding diaryl/α,β-unsaturated/α-hetero) is 1. The summed E-state index contributed by atoms with van der Waals surface area (Å²) in [4.78, 5) is 10.6. The Morgan fingerprint density at radius 3 is 2.36 bits per heavy atom. The van der Waals surface area contributed by atoms with Crippen molar-refractivity contribution in [1.82, 2.24) is 0 Å². The summed E-state index contributed by atoms with van der Waals surface area (Å²) >= 11 is 0. The zero-order valence-electron chi connectivity index (χ0n) is 8.00. The number of ketones is 1. The van der Waals surface area contributed by atoms with Gasteiger partial charge in [-0.15, -0.1) is 0 Å². The van der Waals surface area contributed by atoms with Gasteiger partial charge in [0.25, 0.3) is 0 Å². The minimum Gasteiger partial charge on any atom is -1.00 e. The van der Waals surface area contributed by atoms with E-state index in [9.17, 15) is 4.79 Å². The molecule has 0 atom stereocenters.